The van der Waals surface area contributed by atoms with Crippen molar-refractivity contribution in [3.63, 3.8) is 0 Å². The van der Waals surface area contributed by atoms with Gasteiger partial charge in [0.25, 0.3) is 0 Å². The largest absolute Gasteiger partial charge is 0.494 e. The van der Waals surface area contributed by atoms with Crippen LogP contribution in [0.15, 0.2) is 54.6 Å². The Morgan fingerprint density at radius 3 is 2.46 bits per heavy atom. The molecule has 140 valence electrons. The van der Waals surface area contributed by atoms with Crippen LogP contribution in [0.3, 0.4) is 0 Å². The fourth-order valence-electron chi connectivity index (χ4n) is 2.63. The Labute approximate surface area is 154 Å². The van der Waals surface area contributed by atoms with Gasteiger partial charge in [0.1, 0.15) is 11.8 Å². The maximum atomic E-state index is 12.5. The van der Waals surface area contributed by atoms with E-state index in [9.17, 15) is 13.2 Å². The zero-order valence-corrected chi connectivity index (χ0v) is 16.0. The molecular formula is C19H24N2O4S. The molecule has 0 spiro atoms. The molecule has 0 radical (unpaired) electrons. The standard InChI is InChI=1S/C19H24N2O4S/c1-4-25-18-12-8-9-16(13-18)14-20-19(22)15(2)21(26(3,23)24)17-10-6-5-7-11-17/h5-13,15H,4,14H2,1-3H3,(H,20,22)/t15-/m0/s1. The van der Waals surface area contributed by atoms with Crippen molar-refractivity contribution in [1.82, 2.24) is 5.32 Å². The predicted molar refractivity (Wildman–Crippen MR) is 103 cm³/mol. The van der Waals surface area contributed by atoms with Crippen molar-refractivity contribution in [1.29, 1.82) is 0 Å². The zero-order chi connectivity index (χ0) is 19.2. The van der Waals surface area contributed by atoms with E-state index in [0.717, 1.165) is 21.9 Å². The smallest absolute Gasteiger partial charge is 0.243 e. The number of sulfonamides is 1. The van der Waals surface area contributed by atoms with Crippen molar-refractivity contribution in [2.24, 2.45) is 0 Å². The van der Waals surface area contributed by atoms with Gasteiger partial charge in [-0.05, 0) is 43.7 Å². The van der Waals surface area contributed by atoms with Gasteiger partial charge in [0.05, 0.1) is 18.6 Å². The molecule has 1 atom stereocenters. The van der Waals surface area contributed by atoms with E-state index < -0.39 is 16.1 Å². The highest BCUT2D eigenvalue weighted by Gasteiger charge is 2.28. The third-order valence-electron chi connectivity index (χ3n) is 3.78. The number of para-hydroxylation sites is 1. The number of hydrogen-bond acceptors (Lipinski definition) is 4. The average molecular weight is 376 g/mol. The van der Waals surface area contributed by atoms with Gasteiger partial charge in [-0.25, -0.2) is 8.42 Å². The molecule has 26 heavy (non-hydrogen) atoms. The second-order valence-electron chi connectivity index (χ2n) is 5.87. The van der Waals surface area contributed by atoms with Crippen LogP contribution >= 0.6 is 0 Å². The van der Waals surface area contributed by atoms with Crippen LogP contribution in [-0.2, 0) is 21.4 Å². The number of ether oxygens (including phenoxy) is 1. The molecule has 0 bridgehead atoms. The molecule has 7 heteroatoms. The molecule has 2 rings (SSSR count). The van der Waals surface area contributed by atoms with Crippen LogP contribution in [0.1, 0.15) is 19.4 Å². The molecule has 0 saturated carbocycles. The van der Waals surface area contributed by atoms with E-state index in [2.05, 4.69) is 5.32 Å². The molecule has 1 amide bonds. The first-order valence-corrected chi connectivity index (χ1v) is 10.2. The quantitative estimate of drug-likeness (QED) is 0.768. The van der Waals surface area contributed by atoms with E-state index in [1.54, 1.807) is 37.3 Å². The molecule has 0 heterocycles. The Morgan fingerprint density at radius 1 is 1.15 bits per heavy atom. The lowest BCUT2D eigenvalue weighted by atomic mass is 10.2. The molecule has 0 saturated heterocycles. The van der Waals surface area contributed by atoms with Gasteiger partial charge >= 0.3 is 0 Å². The van der Waals surface area contributed by atoms with Crippen LogP contribution in [0.5, 0.6) is 5.75 Å². The van der Waals surface area contributed by atoms with Crippen molar-refractivity contribution in [3.8, 4) is 5.75 Å². The number of hydrogen-bond donors (Lipinski definition) is 1. The van der Waals surface area contributed by atoms with E-state index in [4.69, 9.17) is 4.74 Å². The van der Waals surface area contributed by atoms with Crippen LogP contribution < -0.4 is 14.4 Å². The number of benzene rings is 2. The minimum atomic E-state index is -3.61. The second-order valence-corrected chi connectivity index (χ2v) is 7.73. The van der Waals surface area contributed by atoms with Gasteiger partial charge in [0.2, 0.25) is 15.9 Å². The summed E-state index contributed by atoms with van der Waals surface area (Å²) >= 11 is 0. The van der Waals surface area contributed by atoms with Crippen LogP contribution in [0.2, 0.25) is 0 Å². The maximum Gasteiger partial charge on any atom is 0.243 e. The Balaban J connectivity index is 2.11. The SMILES string of the molecule is CCOc1cccc(CNC(=O)[C@H](C)N(c2ccccc2)S(C)(=O)=O)c1. The second kappa shape index (κ2) is 8.71. The molecule has 0 aliphatic heterocycles. The van der Waals surface area contributed by atoms with Gasteiger partial charge in [-0.2, -0.15) is 0 Å². The molecule has 6 nitrogen and oxygen atoms in total. The highest BCUT2D eigenvalue weighted by atomic mass is 32.2. The molecule has 0 fully saturated rings. The summed E-state index contributed by atoms with van der Waals surface area (Å²) in [5, 5.41) is 2.79. The molecule has 0 unspecified atom stereocenters. The highest BCUT2D eigenvalue weighted by molar-refractivity contribution is 7.92. The number of anilines is 1. The van der Waals surface area contributed by atoms with E-state index in [1.165, 1.54) is 0 Å². The molecule has 0 aliphatic rings. The van der Waals surface area contributed by atoms with E-state index in [1.807, 2.05) is 31.2 Å². The first-order chi connectivity index (χ1) is 12.3. The Hall–Kier alpha value is -2.54. The van der Waals surface area contributed by atoms with Crippen molar-refractivity contribution < 1.29 is 17.9 Å². The number of carbonyl (C=O) groups is 1. The number of nitrogens with zero attached hydrogens (tertiary/aromatic N) is 1. The fraction of sp³-hybridized carbons (Fsp3) is 0.316. The highest BCUT2D eigenvalue weighted by Crippen LogP contribution is 2.20. The molecular weight excluding hydrogens is 352 g/mol. The lowest BCUT2D eigenvalue weighted by molar-refractivity contribution is -0.122. The van der Waals surface area contributed by atoms with Gasteiger partial charge in [0.15, 0.2) is 0 Å². The number of carbonyl (C=O) groups excluding carboxylic acids is 1. The lowest BCUT2D eigenvalue weighted by Gasteiger charge is -2.28. The molecule has 2 aromatic carbocycles. The van der Waals surface area contributed by atoms with E-state index >= 15 is 0 Å². The number of amides is 1. The van der Waals surface area contributed by atoms with E-state index in [-0.39, 0.29) is 12.5 Å². The van der Waals surface area contributed by atoms with Crippen molar-refractivity contribution in [2.45, 2.75) is 26.4 Å². The third-order valence-corrected chi connectivity index (χ3v) is 5.02. The van der Waals surface area contributed by atoms with Gasteiger partial charge in [-0.3, -0.25) is 9.10 Å². The summed E-state index contributed by atoms with van der Waals surface area (Å²) in [4.78, 5) is 12.5. The Morgan fingerprint density at radius 2 is 1.85 bits per heavy atom. The summed E-state index contributed by atoms with van der Waals surface area (Å²) in [6, 6.07) is 15.1. The van der Waals surface area contributed by atoms with Crippen LogP contribution in [-0.4, -0.2) is 33.2 Å². The van der Waals surface area contributed by atoms with Crippen LogP contribution in [0, 0.1) is 0 Å². The van der Waals surface area contributed by atoms with Crippen LogP contribution in [0.4, 0.5) is 5.69 Å². The zero-order valence-electron chi connectivity index (χ0n) is 15.2. The minimum absolute atomic E-state index is 0.288. The summed E-state index contributed by atoms with van der Waals surface area (Å²) in [5.74, 6) is 0.357. The summed E-state index contributed by atoms with van der Waals surface area (Å²) in [6.07, 6.45) is 1.09. The van der Waals surface area contributed by atoms with Crippen LogP contribution in [0.25, 0.3) is 0 Å². The van der Waals surface area contributed by atoms with Gasteiger partial charge in [-0.1, -0.05) is 30.3 Å². The number of rotatable bonds is 8. The normalized spacial score (nSPS) is 12.3. The molecule has 0 aliphatic carbocycles. The van der Waals surface area contributed by atoms with Crippen molar-refractivity contribution >= 4 is 21.6 Å². The summed E-state index contributed by atoms with van der Waals surface area (Å²) < 4.78 is 31.0. The lowest BCUT2D eigenvalue weighted by Crippen LogP contribution is -2.47. The van der Waals surface area contributed by atoms with E-state index in [0.29, 0.717) is 12.3 Å². The average Bonchev–Trinajstić information content (AvgIpc) is 2.60. The first kappa shape index (κ1) is 19.8. The van der Waals surface area contributed by atoms with Crippen molar-refractivity contribution in [3.05, 3.63) is 60.2 Å². The summed E-state index contributed by atoms with van der Waals surface area (Å²) in [5.41, 5.74) is 1.33. The predicted octanol–water partition coefficient (Wildman–Crippen LogP) is 2.56. The van der Waals surface area contributed by atoms with Gasteiger partial charge in [0, 0.05) is 6.54 Å². The van der Waals surface area contributed by atoms with Gasteiger partial charge in [-0.15, -0.1) is 0 Å². The minimum Gasteiger partial charge on any atom is -0.494 e. The van der Waals surface area contributed by atoms with Gasteiger partial charge < -0.3 is 10.1 Å². The third kappa shape index (κ3) is 5.23. The Bertz CT molecular complexity index is 838. The molecule has 0 aromatic heterocycles. The number of nitrogens with one attached hydrogen (secondary N) is 1. The monoisotopic (exact) mass is 376 g/mol. The Kier molecular flexibility index (Phi) is 6.63. The molecule has 2 aromatic rings. The molecule has 1 N–H and O–H groups in total. The fourth-order valence-corrected chi connectivity index (χ4v) is 3.81. The maximum absolute atomic E-state index is 12.5. The summed E-state index contributed by atoms with van der Waals surface area (Å²) in [6.45, 7) is 4.32. The topological polar surface area (TPSA) is 75.7 Å². The first-order valence-electron chi connectivity index (χ1n) is 8.37. The van der Waals surface area contributed by atoms with Crippen molar-refractivity contribution in [2.75, 3.05) is 17.2 Å². The summed E-state index contributed by atoms with van der Waals surface area (Å²) in [7, 11) is -3.61.